The topological polar surface area (TPSA) is 30.5 Å². The van der Waals surface area contributed by atoms with Crippen LogP contribution in [0.1, 0.15) is 51.3 Å². The van der Waals surface area contributed by atoms with E-state index in [0.717, 1.165) is 25.3 Å². The second kappa shape index (κ2) is 7.65. The number of methoxy groups -OCH3 is 1. The van der Waals surface area contributed by atoms with Crippen LogP contribution in [0.3, 0.4) is 0 Å². The molecule has 0 fully saturated rings. The number of nitrogens with one attached hydrogen (secondary N) is 1. The highest BCUT2D eigenvalue weighted by atomic mass is 16.5. The zero-order valence-corrected chi connectivity index (χ0v) is 13.7. The van der Waals surface area contributed by atoms with Crippen molar-refractivity contribution >= 4 is 0 Å². The van der Waals surface area contributed by atoms with Crippen LogP contribution in [0, 0.1) is 6.92 Å². The van der Waals surface area contributed by atoms with E-state index in [9.17, 15) is 0 Å². The summed E-state index contributed by atoms with van der Waals surface area (Å²) in [5, 5.41) is 3.59. The molecule has 114 valence electrons. The van der Waals surface area contributed by atoms with Gasteiger partial charge in [-0.05, 0) is 57.0 Å². The van der Waals surface area contributed by atoms with Crippen LogP contribution in [0.5, 0.6) is 5.75 Å². The molecule has 20 heavy (non-hydrogen) atoms. The average molecular weight is 279 g/mol. The third-order valence-electron chi connectivity index (χ3n) is 3.98. The minimum atomic E-state index is -0.204. The van der Waals surface area contributed by atoms with Crippen LogP contribution in [0.25, 0.3) is 0 Å². The van der Waals surface area contributed by atoms with Crippen molar-refractivity contribution in [3.63, 3.8) is 0 Å². The van der Waals surface area contributed by atoms with Crippen molar-refractivity contribution in [2.75, 3.05) is 20.3 Å². The van der Waals surface area contributed by atoms with Gasteiger partial charge in [-0.25, -0.2) is 0 Å². The second-order valence-electron chi connectivity index (χ2n) is 5.31. The van der Waals surface area contributed by atoms with Gasteiger partial charge in [-0.2, -0.15) is 0 Å². The third kappa shape index (κ3) is 3.74. The molecule has 3 nitrogen and oxygen atoms in total. The van der Waals surface area contributed by atoms with Crippen LogP contribution >= 0.6 is 0 Å². The summed E-state index contributed by atoms with van der Waals surface area (Å²) in [4.78, 5) is 0. The van der Waals surface area contributed by atoms with E-state index >= 15 is 0 Å². The molecule has 0 aliphatic carbocycles. The Morgan fingerprint density at radius 1 is 1.25 bits per heavy atom. The number of aryl methyl sites for hydroxylation is 1. The van der Waals surface area contributed by atoms with E-state index < -0.39 is 0 Å². The molecule has 2 atom stereocenters. The Morgan fingerprint density at radius 2 is 1.95 bits per heavy atom. The molecular weight excluding hydrogens is 250 g/mol. The molecule has 0 aliphatic rings. The summed E-state index contributed by atoms with van der Waals surface area (Å²) in [6.45, 7) is 12.3. The second-order valence-corrected chi connectivity index (χ2v) is 5.31. The standard InChI is InChI=1S/C17H29NO2/c1-7-17(5,20-9-3)16(18-8-2)15-11-10-14(19-6)12-13(15)4/h10-12,16,18H,7-9H2,1-6H3. The molecular formula is C17H29NO2. The lowest BCUT2D eigenvalue weighted by atomic mass is 9.85. The lowest BCUT2D eigenvalue weighted by Gasteiger charge is -2.38. The lowest BCUT2D eigenvalue weighted by molar-refractivity contribution is -0.0561. The van der Waals surface area contributed by atoms with Gasteiger partial charge in [0, 0.05) is 6.61 Å². The van der Waals surface area contributed by atoms with Crippen molar-refractivity contribution in [3.05, 3.63) is 29.3 Å². The first kappa shape index (κ1) is 17.0. The van der Waals surface area contributed by atoms with Gasteiger partial charge in [0.1, 0.15) is 5.75 Å². The van der Waals surface area contributed by atoms with Crippen molar-refractivity contribution in [1.82, 2.24) is 5.32 Å². The Labute approximate surface area is 123 Å². The summed E-state index contributed by atoms with van der Waals surface area (Å²) < 4.78 is 11.4. The van der Waals surface area contributed by atoms with Crippen molar-refractivity contribution in [3.8, 4) is 5.75 Å². The molecule has 0 saturated carbocycles. The van der Waals surface area contributed by atoms with Gasteiger partial charge in [-0.3, -0.25) is 0 Å². The van der Waals surface area contributed by atoms with Crippen LogP contribution in [-0.2, 0) is 4.74 Å². The number of hydrogen-bond acceptors (Lipinski definition) is 3. The Balaban J connectivity index is 3.18. The van der Waals surface area contributed by atoms with E-state index in [1.165, 1.54) is 11.1 Å². The van der Waals surface area contributed by atoms with E-state index in [1.807, 2.05) is 6.07 Å². The van der Waals surface area contributed by atoms with Crippen molar-refractivity contribution < 1.29 is 9.47 Å². The van der Waals surface area contributed by atoms with Crippen LogP contribution in [0.2, 0.25) is 0 Å². The van der Waals surface area contributed by atoms with Gasteiger partial charge in [0.05, 0.1) is 18.8 Å². The monoisotopic (exact) mass is 279 g/mol. The molecule has 2 unspecified atom stereocenters. The molecule has 3 heteroatoms. The summed E-state index contributed by atoms with van der Waals surface area (Å²) in [5.74, 6) is 0.899. The summed E-state index contributed by atoms with van der Waals surface area (Å²) in [6, 6.07) is 6.44. The molecule has 0 heterocycles. The van der Waals surface area contributed by atoms with Crippen LogP contribution in [0.15, 0.2) is 18.2 Å². The van der Waals surface area contributed by atoms with E-state index in [4.69, 9.17) is 9.47 Å². The maximum Gasteiger partial charge on any atom is 0.119 e. The Hall–Kier alpha value is -1.06. The number of rotatable bonds is 8. The van der Waals surface area contributed by atoms with Gasteiger partial charge < -0.3 is 14.8 Å². The zero-order valence-electron chi connectivity index (χ0n) is 13.7. The molecule has 1 aromatic carbocycles. The van der Waals surface area contributed by atoms with Crippen molar-refractivity contribution in [2.24, 2.45) is 0 Å². The lowest BCUT2D eigenvalue weighted by Crippen LogP contribution is -2.44. The molecule has 1 rings (SSSR count). The first-order chi connectivity index (χ1) is 9.52. The first-order valence-electron chi connectivity index (χ1n) is 7.54. The van der Waals surface area contributed by atoms with E-state index in [2.05, 4.69) is 52.1 Å². The van der Waals surface area contributed by atoms with Crippen LogP contribution in [-0.4, -0.2) is 25.9 Å². The molecule has 0 aromatic heterocycles. The highest BCUT2D eigenvalue weighted by Gasteiger charge is 2.34. The van der Waals surface area contributed by atoms with Gasteiger partial charge in [-0.15, -0.1) is 0 Å². The smallest absolute Gasteiger partial charge is 0.119 e. The van der Waals surface area contributed by atoms with E-state index in [-0.39, 0.29) is 11.6 Å². The Kier molecular flexibility index (Phi) is 6.50. The van der Waals surface area contributed by atoms with Gasteiger partial charge in [0.15, 0.2) is 0 Å². The highest BCUT2D eigenvalue weighted by Crippen LogP contribution is 2.34. The molecule has 0 amide bonds. The molecule has 0 aliphatic heterocycles. The predicted octanol–water partition coefficient (Wildman–Crippen LogP) is 3.86. The maximum absolute atomic E-state index is 6.07. The minimum Gasteiger partial charge on any atom is -0.497 e. The summed E-state index contributed by atoms with van der Waals surface area (Å²) in [7, 11) is 1.70. The van der Waals surface area contributed by atoms with Gasteiger partial charge in [0.25, 0.3) is 0 Å². The fraction of sp³-hybridized carbons (Fsp3) is 0.647. The van der Waals surface area contributed by atoms with Crippen LogP contribution < -0.4 is 10.1 Å². The minimum absolute atomic E-state index is 0.184. The summed E-state index contributed by atoms with van der Waals surface area (Å²) in [6.07, 6.45) is 0.962. The van der Waals surface area contributed by atoms with Gasteiger partial charge in [-0.1, -0.05) is 19.9 Å². The van der Waals surface area contributed by atoms with Gasteiger partial charge in [0.2, 0.25) is 0 Å². The predicted molar refractivity (Wildman–Crippen MR) is 84.5 cm³/mol. The molecule has 1 aromatic rings. The van der Waals surface area contributed by atoms with E-state index in [1.54, 1.807) is 7.11 Å². The molecule has 0 saturated heterocycles. The fourth-order valence-electron chi connectivity index (χ4n) is 2.68. The highest BCUT2D eigenvalue weighted by molar-refractivity contribution is 5.38. The SMILES string of the molecule is CCNC(c1ccc(OC)cc1C)C(C)(CC)OCC. The van der Waals surface area contributed by atoms with E-state index in [0.29, 0.717) is 0 Å². The van der Waals surface area contributed by atoms with Crippen molar-refractivity contribution in [1.29, 1.82) is 0 Å². The maximum atomic E-state index is 6.07. The first-order valence-corrected chi connectivity index (χ1v) is 7.54. The third-order valence-corrected chi connectivity index (χ3v) is 3.98. The summed E-state index contributed by atoms with van der Waals surface area (Å²) >= 11 is 0. The number of ether oxygens (including phenoxy) is 2. The van der Waals surface area contributed by atoms with Crippen molar-refractivity contribution in [2.45, 2.75) is 52.7 Å². The largest absolute Gasteiger partial charge is 0.497 e. The molecule has 0 radical (unpaired) electrons. The van der Waals surface area contributed by atoms with Crippen LogP contribution in [0.4, 0.5) is 0 Å². The normalized spacial score (nSPS) is 15.7. The fourth-order valence-corrected chi connectivity index (χ4v) is 2.68. The molecule has 1 N–H and O–H groups in total. The Morgan fingerprint density at radius 3 is 2.40 bits per heavy atom. The Bertz CT molecular complexity index is 419. The quantitative estimate of drug-likeness (QED) is 0.784. The average Bonchev–Trinajstić information content (AvgIpc) is 2.45. The summed E-state index contributed by atoms with van der Waals surface area (Å²) in [5.41, 5.74) is 2.31. The number of benzene rings is 1. The van der Waals surface area contributed by atoms with Gasteiger partial charge >= 0.3 is 0 Å². The molecule has 0 bridgehead atoms. The zero-order chi connectivity index (χ0) is 15.2. The molecule has 0 spiro atoms. The number of likely N-dealkylation sites (N-methyl/N-ethyl adjacent to an activating group) is 1. The number of hydrogen-bond donors (Lipinski definition) is 1.